The van der Waals surface area contributed by atoms with Gasteiger partial charge >= 0.3 is 0 Å². The second kappa shape index (κ2) is 2.13. The lowest BCUT2D eigenvalue weighted by Gasteiger charge is -1.98. The average Bonchev–Trinajstić information content (AvgIpc) is 2.13. The Balaban J connectivity index is 2.94. The van der Waals surface area contributed by atoms with Gasteiger partial charge in [-0.3, -0.25) is 0 Å². The largest absolute Gasteiger partial charge is 0.232 e. The molecule has 0 N–H and O–H groups in total. The molecule has 0 bridgehead atoms. The van der Waals surface area contributed by atoms with Crippen molar-refractivity contribution in [2.24, 2.45) is 7.05 Å². The molecule has 0 radical (unpaired) electrons. The maximum Gasteiger partial charge on any atom is 0.153 e. The van der Waals surface area contributed by atoms with Gasteiger partial charge in [-0.1, -0.05) is 13.8 Å². The smallest absolute Gasteiger partial charge is 0.153 e. The Morgan fingerprint density at radius 3 is 2.33 bits per heavy atom. The van der Waals surface area contributed by atoms with Gasteiger partial charge in [-0.2, -0.15) is 0 Å². The van der Waals surface area contributed by atoms with E-state index < -0.39 is 0 Å². The van der Waals surface area contributed by atoms with Crippen LogP contribution in [0.25, 0.3) is 0 Å². The third kappa shape index (κ3) is 1.06. The molecule has 0 spiro atoms. The summed E-state index contributed by atoms with van der Waals surface area (Å²) >= 11 is 0. The highest BCUT2D eigenvalue weighted by Gasteiger charge is 2.04. The molecule has 1 aromatic heterocycles. The van der Waals surface area contributed by atoms with Gasteiger partial charge in [0, 0.05) is 13.0 Å². The molecule has 1 rings (SSSR count). The van der Waals surface area contributed by atoms with E-state index in [1.807, 2.05) is 7.05 Å². The van der Waals surface area contributed by atoms with E-state index in [4.69, 9.17) is 0 Å². The second-order valence-corrected chi connectivity index (χ2v) is 2.32. The van der Waals surface area contributed by atoms with Crippen LogP contribution >= 0.6 is 0 Å². The van der Waals surface area contributed by atoms with E-state index in [1.54, 1.807) is 4.68 Å². The number of tetrazole rings is 1. The van der Waals surface area contributed by atoms with Crippen molar-refractivity contribution in [3.05, 3.63) is 5.82 Å². The molecule has 0 aliphatic heterocycles. The third-order valence-corrected chi connectivity index (χ3v) is 1.17. The summed E-state index contributed by atoms with van der Waals surface area (Å²) in [4.78, 5) is 0. The number of rotatable bonds is 1. The predicted molar refractivity (Wildman–Crippen MR) is 32.9 cm³/mol. The lowest BCUT2D eigenvalue weighted by molar-refractivity contribution is 0.645. The van der Waals surface area contributed by atoms with Gasteiger partial charge in [0.15, 0.2) is 5.82 Å². The van der Waals surface area contributed by atoms with Crippen LogP contribution in [0.4, 0.5) is 0 Å². The summed E-state index contributed by atoms with van der Waals surface area (Å²) in [6, 6.07) is 0. The molecule has 9 heavy (non-hydrogen) atoms. The minimum absolute atomic E-state index is 0.407. The van der Waals surface area contributed by atoms with Crippen LogP contribution in [-0.2, 0) is 7.05 Å². The second-order valence-electron chi connectivity index (χ2n) is 2.32. The first-order valence-corrected chi connectivity index (χ1v) is 2.94. The van der Waals surface area contributed by atoms with E-state index in [0.29, 0.717) is 5.92 Å². The zero-order valence-corrected chi connectivity index (χ0v) is 5.87. The van der Waals surface area contributed by atoms with Crippen LogP contribution in [0.3, 0.4) is 0 Å². The van der Waals surface area contributed by atoms with Crippen molar-refractivity contribution >= 4 is 0 Å². The summed E-state index contributed by atoms with van der Waals surface area (Å²) in [5.41, 5.74) is 0. The summed E-state index contributed by atoms with van der Waals surface area (Å²) in [5, 5.41) is 11.0. The van der Waals surface area contributed by atoms with Gasteiger partial charge in [0.1, 0.15) is 0 Å². The van der Waals surface area contributed by atoms with Crippen molar-refractivity contribution in [3.63, 3.8) is 0 Å². The maximum atomic E-state index is 3.82. The van der Waals surface area contributed by atoms with Crippen LogP contribution in [0.2, 0.25) is 0 Å². The Morgan fingerprint density at radius 2 is 2.11 bits per heavy atom. The van der Waals surface area contributed by atoms with Crippen molar-refractivity contribution in [1.82, 2.24) is 20.2 Å². The summed E-state index contributed by atoms with van der Waals surface area (Å²) in [6.45, 7) is 4.12. The van der Waals surface area contributed by atoms with Gasteiger partial charge in [0.05, 0.1) is 0 Å². The quantitative estimate of drug-likeness (QED) is 0.544. The number of aromatic nitrogens is 4. The lowest BCUT2D eigenvalue weighted by Crippen LogP contribution is -2.00. The van der Waals surface area contributed by atoms with Crippen LogP contribution in [0.5, 0.6) is 0 Å². The average molecular weight is 126 g/mol. The molecule has 4 nitrogen and oxygen atoms in total. The van der Waals surface area contributed by atoms with Crippen LogP contribution < -0.4 is 0 Å². The minimum Gasteiger partial charge on any atom is -0.232 e. The van der Waals surface area contributed by atoms with Crippen molar-refractivity contribution in [1.29, 1.82) is 0 Å². The molecule has 0 atom stereocenters. The molecular weight excluding hydrogens is 116 g/mol. The molecule has 0 aliphatic rings. The van der Waals surface area contributed by atoms with E-state index in [0.717, 1.165) is 5.82 Å². The highest BCUT2D eigenvalue weighted by Crippen LogP contribution is 2.06. The Labute approximate surface area is 53.9 Å². The fraction of sp³-hybridized carbons (Fsp3) is 0.800. The van der Waals surface area contributed by atoms with E-state index in [-0.39, 0.29) is 0 Å². The Kier molecular flexibility index (Phi) is 1.46. The van der Waals surface area contributed by atoms with Crippen molar-refractivity contribution in [2.45, 2.75) is 19.8 Å². The molecule has 1 heterocycles. The van der Waals surface area contributed by atoms with Gasteiger partial charge in [0.25, 0.3) is 0 Å². The predicted octanol–water partition coefficient (Wildman–Crippen LogP) is 0.334. The molecule has 0 aromatic carbocycles. The Morgan fingerprint density at radius 1 is 1.44 bits per heavy atom. The maximum absolute atomic E-state index is 3.82. The monoisotopic (exact) mass is 126 g/mol. The number of aryl methyl sites for hydroxylation is 1. The number of nitrogens with zero attached hydrogens (tertiary/aromatic N) is 4. The molecule has 0 aliphatic carbocycles. The van der Waals surface area contributed by atoms with E-state index >= 15 is 0 Å². The van der Waals surface area contributed by atoms with Crippen LogP contribution in [-0.4, -0.2) is 20.2 Å². The molecule has 50 valence electrons. The molecule has 0 saturated carbocycles. The standard InChI is InChI=1S/C5H10N4/c1-4(2)5-6-7-8-9(5)3/h4H,1-3H3. The van der Waals surface area contributed by atoms with E-state index in [1.165, 1.54) is 0 Å². The molecule has 0 amide bonds. The summed E-state index contributed by atoms with van der Waals surface area (Å²) < 4.78 is 1.69. The van der Waals surface area contributed by atoms with E-state index in [2.05, 4.69) is 29.4 Å². The van der Waals surface area contributed by atoms with E-state index in [9.17, 15) is 0 Å². The normalized spacial score (nSPS) is 10.7. The molecule has 0 fully saturated rings. The molecule has 1 aromatic rings. The van der Waals surface area contributed by atoms with Gasteiger partial charge in [-0.05, 0) is 10.4 Å². The van der Waals surface area contributed by atoms with Gasteiger partial charge in [0.2, 0.25) is 0 Å². The zero-order valence-electron chi connectivity index (χ0n) is 5.87. The topological polar surface area (TPSA) is 43.6 Å². The van der Waals surface area contributed by atoms with Gasteiger partial charge in [-0.25, -0.2) is 4.68 Å². The summed E-state index contributed by atoms with van der Waals surface area (Å²) in [7, 11) is 1.84. The Bertz CT molecular complexity index is 191. The first-order chi connectivity index (χ1) is 4.22. The minimum atomic E-state index is 0.407. The summed E-state index contributed by atoms with van der Waals surface area (Å²) in [6.07, 6.45) is 0. The van der Waals surface area contributed by atoms with Gasteiger partial charge < -0.3 is 0 Å². The summed E-state index contributed by atoms with van der Waals surface area (Å²) in [5.74, 6) is 1.33. The number of hydrogen-bond acceptors (Lipinski definition) is 3. The van der Waals surface area contributed by atoms with Crippen LogP contribution in [0, 0.1) is 0 Å². The van der Waals surface area contributed by atoms with Crippen molar-refractivity contribution in [2.75, 3.05) is 0 Å². The van der Waals surface area contributed by atoms with Crippen molar-refractivity contribution < 1.29 is 0 Å². The Hall–Kier alpha value is -0.930. The zero-order chi connectivity index (χ0) is 6.85. The van der Waals surface area contributed by atoms with Crippen molar-refractivity contribution in [3.8, 4) is 0 Å². The van der Waals surface area contributed by atoms with Crippen LogP contribution in [0.1, 0.15) is 25.6 Å². The SMILES string of the molecule is CC(C)c1nnnn1C. The lowest BCUT2D eigenvalue weighted by atomic mass is 10.2. The van der Waals surface area contributed by atoms with Crippen LogP contribution in [0.15, 0.2) is 0 Å². The molecular formula is C5H10N4. The third-order valence-electron chi connectivity index (χ3n) is 1.17. The molecule has 0 unspecified atom stereocenters. The fourth-order valence-electron chi connectivity index (χ4n) is 0.726. The number of hydrogen-bond donors (Lipinski definition) is 0. The highest BCUT2D eigenvalue weighted by molar-refractivity contribution is 4.86. The highest BCUT2D eigenvalue weighted by atomic mass is 15.5. The first-order valence-electron chi connectivity index (χ1n) is 2.94. The molecule has 4 heteroatoms. The molecule has 0 saturated heterocycles. The van der Waals surface area contributed by atoms with Gasteiger partial charge in [-0.15, -0.1) is 5.10 Å². The first kappa shape index (κ1) is 6.19. The fourth-order valence-corrected chi connectivity index (χ4v) is 0.726.